The standard InChI is InChI=1S/C29H33IN6O4S/c1-20-8-10-23(11-9-20)41(38,39)36-18-24(30)25-26(32-19-33-27(25)36)31-17-21-6-5-7-22(16-21)34-12-14-35(15-13-34)28(37)40-29(2,3)4/h5-11,16,18-19H,12-15,17H2,1-4H3,(H,31,32,33). The lowest BCUT2D eigenvalue weighted by Crippen LogP contribution is -2.50. The molecule has 1 fully saturated rings. The Morgan fingerprint density at radius 1 is 1.05 bits per heavy atom. The van der Waals surface area contributed by atoms with Crippen LogP contribution in [-0.4, -0.2) is 65.1 Å². The summed E-state index contributed by atoms with van der Waals surface area (Å²) in [7, 11) is -3.83. The number of piperazine rings is 1. The topological polar surface area (TPSA) is 110 Å². The number of fused-ring (bicyclic) bond motifs is 1. The van der Waals surface area contributed by atoms with Crippen molar-refractivity contribution >= 4 is 61.2 Å². The molecule has 1 aliphatic rings. The number of nitrogens with zero attached hydrogens (tertiary/aromatic N) is 5. The summed E-state index contributed by atoms with van der Waals surface area (Å²) < 4.78 is 34.3. The number of hydrogen-bond donors (Lipinski definition) is 1. The summed E-state index contributed by atoms with van der Waals surface area (Å²) in [4.78, 5) is 25.4. The Bertz CT molecular complexity index is 1670. The Kier molecular flexibility index (Phi) is 8.15. The molecular weight excluding hydrogens is 655 g/mol. The summed E-state index contributed by atoms with van der Waals surface area (Å²) in [5.74, 6) is 0.564. The van der Waals surface area contributed by atoms with E-state index in [-0.39, 0.29) is 11.0 Å². The summed E-state index contributed by atoms with van der Waals surface area (Å²) in [6.07, 6.45) is 2.68. The maximum absolute atomic E-state index is 13.4. The number of carbonyl (C=O) groups is 1. The molecule has 1 N–H and O–H groups in total. The third-order valence-electron chi connectivity index (χ3n) is 6.75. The third kappa shape index (κ3) is 6.43. The minimum absolute atomic E-state index is 0.202. The van der Waals surface area contributed by atoms with E-state index in [2.05, 4.69) is 54.9 Å². The van der Waals surface area contributed by atoms with Gasteiger partial charge in [-0.25, -0.2) is 27.2 Å². The maximum atomic E-state index is 13.4. The van der Waals surface area contributed by atoms with Crippen LogP contribution in [0.5, 0.6) is 0 Å². The molecule has 0 aliphatic carbocycles. The second kappa shape index (κ2) is 11.5. The minimum Gasteiger partial charge on any atom is -0.444 e. The van der Waals surface area contributed by atoms with Crippen LogP contribution < -0.4 is 10.2 Å². The van der Waals surface area contributed by atoms with Crippen LogP contribution in [0.1, 0.15) is 31.9 Å². The van der Waals surface area contributed by atoms with Gasteiger partial charge in [0.15, 0.2) is 5.65 Å². The first-order chi connectivity index (χ1) is 19.4. The molecule has 0 unspecified atom stereocenters. The Morgan fingerprint density at radius 2 is 1.76 bits per heavy atom. The number of ether oxygens (including phenoxy) is 1. The fourth-order valence-electron chi connectivity index (χ4n) is 4.66. The number of aryl methyl sites for hydroxylation is 1. The lowest BCUT2D eigenvalue weighted by Gasteiger charge is -2.36. The van der Waals surface area contributed by atoms with E-state index >= 15 is 0 Å². The second-order valence-electron chi connectivity index (χ2n) is 11.0. The molecule has 1 amide bonds. The number of benzene rings is 2. The van der Waals surface area contributed by atoms with Crippen LogP contribution in [0.3, 0.4) is 0 Å². The lowest BCUT2D eigenvalue weighted by molar-refractivity contribution is 0.0240. The zero-order valence-corrected chi connectivity index (χ0v) is 26.4. The van der Waals surface area contributed by atoms with Crippen molar-refractivity contribution in [1.82, 2.24) is 18.8 Å². The summed E-state index contributed by atoms with van der Waals surface area (Å²) in [5, 5.41) is 4.03. The van der Waals surface area contributed by atoms with E-state index in [0.717, 1.165) is 20.4 Å². The van der Waals surface area contributed by atoms with E-state index in [0.29, 0.717) is 49.6 Å². The van der Waals surface area contributed by atoms with Gasteiger partial charge in [0.2, 0.25) is 0 Å². The first-order valence-electron chi connectivity index (χ1n) is 13.3. The summed E-state index contributed by atoms with van der Waals surface area (Å²) in [5.41, 5.74) is 2.92. The Morgan fingerprint density at radius 3 is 2.44 bits per heavy atom. The van der Waals surface area contributed by atoms with Crippen molar-refractivity contribution in [2.75, 3.05) is 36.4 Å². The molecule has 1 saturated heterocycles. The van der Waals surface area contributed by atoms with Gasteiger partial charge in [-0.2, -0.15) is 0 Å². The molecule has 0 spiro atoms. The number of halogens is 1. The molecule has 4 aromatic rings. The zero-order valence-electron chi connectivity index (χ0n) is 23.5. The highest BCUT2D eigenvalue weighted by Crippen LogP contribution is 2.30. The van der Waals surface area contributed by atoms with Gasteiger partial charge in [0.25, 0.3) is 10.0 Å². The smallest absolute Gasteiger partial charge is 0.410 e. The number of hydrogen-bond acceptors (Lipinski definition) is 8. The number of carbonyl (C=O) groups excluding carboxylic acids is 1. The summed E-state index contributed by atoms with van der Waals surface area (Å²) in [6, 6.07) is 15.0. The average Bonchev–Trinajstić information content (AvgIpc) is 3.29. The minimum atomic E-state index is -3.83. The van der Waals surface area contributed by atoms with Gasteiger partial charge >= 0.3 is 6.09 Å². The normalized spacial score (nSPS) is 14.4. The van der Waals surface area contributed by atoms with E-state index in [9.17, 15) is 13.2 Å². The highest BCUT2D eigenvalue weighted by Gasteiger charge is 2.26. The van der Waals surface area contributed by atoms with Crippen molar-refractivity contribution in [1.29, 1.82) is 0 Å². The number of aromatic nitrogens is 3. The van der Waals surface area contributed by atoms with Crippen LogP contribution in [0.2, 0.25) is 0 Å². The summed E-state index contributed by atoms with van der Waals surface area (Å²) >= 11 is 2.12. The molecule has 2 aromatic carbocycles. The molecule has 0 radical (unpaired) electrons. The monoisotopic (exact) mass is 688 g/mol. The average molecular weight is 689 g/mol. The van der Waals surface area contributed by atoms with Gasteiger partial charge in [0.1, 0.15) is 17.7 Å². The molecule has 10 nitrogen and oxygen atoms in total. The molecule has 0 saturated carbocycles. The van der Waals surface area contributed by atoms with Crippen molar-refractivity contribution in [3.8, 4) is 0 Å². The van der Waals surface area contributed by atoms with E-state index < -0.39 is 15.6 Å². The van der Waals surface area contributed by atoms with Gasteiger partial charge in [0.05, 0.1) is 10.3 Å². The van der Waals surface area contributed by atoms with Gasteiger partial charge in [-0.3, -0.25) is 0 Å². The van der Waals surface area contributed by atoms with Crippen LogP contribution in [0.15, 0.2) is 66.0 Å². The molecule has 41 heavy (non-hydrogen) atoms. The van der Waals surface area contributed by atoms with Gasteiger partial charge in [-0.05, 0) is 80.1 Å². The predicted octanol–water partition coefficient (Wildman–Crippen LogP) is 5.25. The number of nitrogens with one attached hydrogen (secondary N) is 1. The molecule has 0 atom stereocenters. The Balaban J connectivity index is 1.30. The molecule has 12 heteroatoms. The molecular formula is C29H33IN6O4S. The van der Waals surface area contributed by atoms with E-state index in [1.54, 1.807) is 35.4 Å². The quantitative estimate of drug-likeness (QED) is 0.274. The largest absolute Gasteiger partial charge is 0.444 e. The van der Waals surface area contributed by atoms with Gasteiger partial charge < -0.3 is 19.9 Å². The fraction of sp³-hybridized carbons (Fsp3) is 0.345. The molecule has 0 bridgehead atoms. The van der Waals surface area contributed by atoms with Crippen LogP contribution in [0.25, 0.3) is 11.0 Å². The van der Waals surface area contributed by atoms with Crippen LogP contribution in [0.4, 0.5) is 16.3 Å². The first-order valence-corrected chi connectivity index (χ1v) is 15.8. The van der Waals surface area contributed by atoms with Crippen LogP contribution in [-0.2, 0) is 21.3 Å². The highest BCUT2D eigenvalue weighted by molar-refractivity contribution is 14.1. The van der Waals surface area contributed by atoms with Gasteiger partial charge in [0, 0.05) is 48.2 Å². The predicted molar refractivity (Wildman–Crippen MR) is 168 cm³/mol. The van der Waals surface area contributed by atoms with Crippen molar-refractivity contribution in [2.24, 2.45) is 0 Å². The van der Waals surface area contributed by atoms with Gasteiger partial charge in [-0.15, -0.1) is 0 Å². The van der Waals surface area contributed by atoms with E-state index in [1.165, 1.54) is 10.3 Å². The van der Waals surface area contributed by atoms with E-state index in [4.69, 9.17) is 4.74 Å². The molecule has 216 valence electrons. The summed E-state index contributed by atoms with van der Waals surface area (Å²) in [6.45, 7) is 10.6. The van der Waals surface area contributed by atoms with Crippen molar-refractivity contribution in [2.45, 2.75) is 44.7 Å². The first kappa shape index (κ1) is 29.1. The number of amides is 1. The maximum Gasteiger partial charge on any atom is 0.410 e. The lowest BCUT2D eigenvalue weighted by atomic mass is 10.1. The fourth-order valence-corrected chi connectivity index (χ4v) is 6.94. The van der Waals surface area contributed by atoms with E-state index in [1.807, 2.05) is 39.8 Å². The molecule has 5 rings (SSSR count). The Labute approximate surface area is 253 Å². The highest BCUT2D eigenvalue weighted by atomic mass is 127. The van der Waals surface area contributed by atoms with Crippen molar-refractivity contribution < 1.29 is 17.9 Å². The zero-order chi connectivity index (χ0) is 29.4. The van der Waals surface area contributed by atoms with Crippen LogP contribution in [0, 0.1) is 10.5 Å². The van der Waals surface area contributed by atoms with Crippen molar-refractivity contribution in [3.05, 3.63) is 75.8 Å². The Hall–Kier alpha value is -3.39. The van der Waals surface area contributed by atoms with Gasteiger partial charge in [-0.1, -0.05) is 29.8 Å². The molecule has 2 aromatic heterocycles. The second-order valence-corrected chi connectivity index (χ2v) is 14.0. The number of rotatable bonds is 6. The molecule has 1 aliphatic heterocycles. The SMILES string of the molecule is Cc1ccc(S(=O)(=O)n2cc(I)c3c(NCc4cccc(N5CCN(C(=O)OC(C)(C)C)CC5)c4)ncnc32)cc1. The number of anilines is 2. The molecule has 3 heterocycles. The van der Waals surface area contributed by atoms with Crippen molar-refractivity contribution in [3.63, 3.8) is 0 Å². The van der Waals surface area contributed by atoms with Crippen LogP contribution >= 0.6 is 22.6 Å². The third-order valence-corrected chi connectivity index (χ3v) is 9.23.